The van der Waals surface area contributed by atoms with Crippen LogP contribution in [0.3, 0.4) is 0 Å². The maximum atomic E-state index is 12.1. The van der Waals surface area contributed by atoms with Gasteiger partial charge in [0.05, 0.1) is 5.69 Å². The standard InChI is InChI=1S/C11H11N2O/c1-8-6-13(8)7-12-10-5-3-2-4-9(10)11(13)14/h2-5,7-8H,6H2,1H3/q+1. The summed E-state index contributed by atoms with van der Waals surface area (Å²) in [4.78, 5) is 16.4. The Balaban J connectivity index is 2.16. The van der Waals surface area contributed by atoms with Gasteiger partial charge in [-0.05, 0) is 19.1 Å². The van der Waals surface area contributed by atoms with Crippen LogP contribution < -0.4 is 0 Å². The lowest BCUT2D eigenvalue weighted by Crippen LogP contribution is -2.36. The minimum absolute atomic E-state index is 0.197. The lowest BCUT2D eigenvalue weighted by molar-refractivity contribution is -0.612. The Bertz CT molecular complexity index is 452. The van der Waals surface area contributed by atoms with E-state index in [1.165, 1.54) is 0 Å². The van der Waals surface area contributed by atoms with Gasteiger partial charge in [-0.3, -0.25) is 0 Å². The fourth-order valence-corrected chi connectivity index (χ4v) is 2.04. The second kappa shape index (κ2) is 2.30. The van der Waals surface area contributed by atoms with Crippen molar-refractivity contribution >= 4 is 17.9 Å². The molecule has 1 aromatic carbocycles. The van der Waals surface area contributed by atoms with Crippen molar-refractivity contribution in [1.29, 1.82) is 0 Å². The van der Waals surface area contributed by atoms with Crippen molar-refractivity contribution < 1.29 is 9.28 Å². The van der Waals surface area contributed by atoms with Crippen molar-refractivity contribution in [2.24, 2.45) is 4.99 Å². The molecule has 2 aliphatic heterocycles. The first kappa shape index (κ1) is 7.88. The molecule has 14 heavy (non-hydrogen) atoms. The topological polar surface area (TPSA) is 29.4 Å². The first-order valence-electron chi connectivity index (χ1n) is 4.81. The predicted molar refractivity (Wildman–Crippen MR) is 53.5 cm³/mol. The van der Waals surface area contributed by atoms with Gasteiger partial charge in [0.15, 0.2) is 6.34 Å². The van der Waals surface area contributed by atoms with Gasteiger partial charge in [-0.2, -0.15) is 0 Å². The van der Waals surface area contributed by atoms with Crippen molar-refractivity contribution in [3.05, 3.63) is 29.8 Å². The van der Waals surface area contributed by atoms with E-state index in [1.54, 1.807) is 6.34 Å². The molecule has 0 saturated carbocycles. The molecule has 2 aliphatic rings. The summed E-state index contributed by atoms with van der Waals surface area (Å²) in [6.45, 7) is 2.98. The predicted octanol–water partition coefficient (Wildman–Crippen LogP) is 1.72. The highest BCUT2D eigenvalue weighted by Crippen LogP contribution is 2.37. The van der Waals surface area contributed by atoms with Crippen LogP contribution in [0.4, 0.5) is 5.69 Å². The van der Waals surface area contributed by atoms with Gasteiger partial charge in [-0.25, -0.2) is 14.3 Å². The monoisotopic (exact) mass is 187 g/mol. The average molecular weight is 187 g/mol. The SMILES string of the molecule is CC1C[N+]12C=Nc1ccccc1C2=O. The third kappa shape index (κ3) is 0.800. The molecule has 0 aliphatic carbocycles. The van der Waals surface area contributed by atoms with E-state index in [2.05, 4.69) is 11.9 Å². The molecule has 0 N–H and O–H groups in total. The first-order chi connectivity index (χ1) is 6.74. The number of aliphatic imine (C=N–C) groups is 1. The zero-order valence-electron chi connectivity index (χ0n) is 7.97. The number of hydrogen-bond acceptors (Lipinski definition) is 2. The van der Waals surface area contributed by atoms with Gasteiger partial charge >= 0.3 is 5.91 Å². The van der Waals surface area contributed by atoms with Crippen molar-refractivity contribution in [2.75, 3.05) is 6.54 Å². The van der Waals surface area contributed by atoms with Crippen LogP contribution in [0.5, 0.6) is 0 Å². The Hall–Kier alpha value is -1.48. The quantitative estimate of drug-likeness (QED) is 0.449. The molecular formula is C11H11N2O+. The number of carbonyl (C=O) groups is 1. The van der Waals surface area contributed by atoms with E-state index < -0.39 is 0 Å². The van der Waals surface area contributed by atoms with E-state index in [9.17, 15) is 4.79 Å². The van der Waals surface area contributed by atoms with Crippen LogP contribution in [0.2, 0.25) is 0 Å². The van der Waals surface area contributed by atoms with Crippen molar-refractivity contribution in [2.45, 2.75) is 13.0 Å². The lowest BCUT2D eigenvalue weighted by Gasteiger charge is -2.16. The van der Waals surface area contributed by atoms with Gasteiger partial charge in [0.25, 0.3) is 0 Å². The van der Waals surface area contributed by atoms with Crippen LogP contribution in [0.25, 0.3) is 0 Å². The number of rotatable bonds is 0. The first-order valence-corrected chi connectivity index (χ1v) is 4.81. The molecule has 70 valence electrons. The number of carbonyl (C=O) groups excluding carboxylic acids is 1. The smallest absolute Gasteiger partial charge is 0.225 e. The van der Waals surface area contributed by atoms with E-state index >= 15 is 0 Å². The van der Waals surface area contributed by atoms with Crippen molar-refractivity contribution in [3.8, 4) is 0 Å². The van der Waals surface area contributed by atoms with Crippen molar-refractivity contribution in [3.63, 3.8) is 0 Å². The van der Waals surface area contributed by atoms with Crippen LogP contribution in [0.15, 0.2) is 29.3 Å². The fourth-order valence-electron chi connectivity index (χ4n) is 2.04. The zero-order chi connectivity index (χ0) is 9.76. The maximum absolute atomic E-state index is 12.1. The molecule has 0 aromatic heterocycles. The molecule has 2 heterocycles. The van der Waals surface area contributed by atoms with Gasteiger partial charge in [0.2, 0.25) is 0 Å². The molecule has 2 unspecified atom stereocenters. The van der Waals surface area contributed by atoms with Crippen LogP contribution in [-0.2, 0) is 0 Å². The van der Waals surface area contributed by atoms with Crippen molar-refractivity contribution in [1.82, 2.24) is 0 Å². The van der Waals surface area contributed by atoms with Gasteiger partial charge in [0, 0.05) is 0 Å². The van der Waals surface area contributed by atoms with E-state index in [-0.39, 0.29) is 5.91 Å². The molecular weight excluding hydrogens is 176 g/mol. The van der Waals surface area contributed by atoms with Crippen LogP contribution in [-0.4, -0.2) is 29.3 Å². The highest BCUT2D eigenvalue weighted by atomic mass is 16.2. The highest BCUT2D eigenvalue weighted by molar-refractivity contribution is 6.01. The Labute approximate surface area is 82.3 Å². The second-order valence-corrected chi connectivity index (χ2v) is 4.03. The number of para-hydroxylation sites is 1. The Morgan fingerprint density at radius 2 is 2.14 bits per heavy atom. The molecule has 3 nitrogen and oxygen atoms in total. The largest absolute Gasteiger partial charge is 0.354 e. The summed E-state index contributed by atoms with van der Waals surface area (Å²) < 4.78 is 0.428. The van der Waals surface area contributed by atoms with Gasteiger partial charge in [-0.1, -0.05) is 12.1 Å². The fraction of sp³-hybridized carbons (Fsp3) is 0.273. The van der Waals surface area contributed by atoms with Crippen LogP contribution in [0.1, 0.15) is 17.3 Å². The number of quaternary nitrogens is 1. The second-order valence-electron chi connectivity index (χ2n) is 4.03. The molecule has 2 atom stereocenters. The van der Waals surface area contributed by atoms with Crippen LogP contribution in [0, 0.1) is 0 Å². The number of benzene rings is 1. The Morgan fingerprint density at radius 1 is 1.43 bits per heavy atom. The minimum Gasteiger partial charge on any atom is -0.225 e. The van der Waals surface area contributed by atoms with Gasteiger partial charge in [-0.15, -0.1) is 0 Å². The number of amides is 1. The summed E-state index contributed by atoms with van der Waals surface area (Å²) in [5.41, 5.74) is 1.57. The molecule has 1 spiro atoms. The highest BCUT2D eigenvalue weighted by Gasteiger charge is 2.59. The normalized spacial score (nSPS) is 33.2. The summed E-state index contributed by atoms with van der Waals surface area (Å²) >= 11 is 0. The maximum Gasteiger partial charge on any atom is 0.354 e. The molecule has 1 aromatic rings. The van der Waals surface area contributed by atoms with E-state index in [0.29, 0.717) is 10.5 Å². The molecule has 1 amide bonds. The zero-order valence-corrected chi connectivity index (χ0v) is 7.97. The average Bonchev–Trinajstić information content (AvgIpc) is 2.86. The van der Waals surface area contributed by atoms with Gasteiger partial charge in [0.1, 0.15) is 18.2 Å². The van der Waals surface area contributed by atoms with E-state index in [0.717, 1.165) is 17.8 Å². The van der Waals surface area contributed by atoms with Crippen LogP contribution >= 0.6 is 0 Å². The molecule has 3 heteroatoms. The third-order valence-electron chi connectivity index (χ3n) is 3.13. The summed E-state index contributed by atoms with van der Waals surface area (Å²) in [7, 11) is 0. The molecule has 0 radical (unpaired) electrons. The minimum atomic E-state index is 0.197. The molecule has 0 bridgehead atoms. The third-order valence-corrected chi connectivity index (χ3v) is 3.13. The number of nitrogens with zero attached hydrogens (tertiary/aromatic N) is 2. The van der Waals surface area contributed by atoms with E-state index in [4.69, 9.17) is 0 Å². The number of hydrogen-bond donors (Lipinski definition) is 0. The van der Waals surface area contributed by atoms with Gasteiger partial charge < -0.3 is 0 Å². The Kier molecular flexibility index (Phi) is 1.30. The summed E-state index contributed by atoms with van der Waals surface area (Å²) in [5, 5.41) is 0. The van der Waals surface area contributed by atoms with E-state index in [1.807, 2.05) is 24.3 Å². The Morgan fingerprint density at radius 3 is 2.86 bits per heavy atom. The molecule has 1 fully saturated rings. The molecule has 1 saturated heterocycles. The lowest BCUT2D eigenvalue weighted by atomic mass is 10.1. The summed E-state index contributed by atoms with van der Waals surface area (Å²) in [6.07, 6.45) is 1.79. The molecule has 3 rings (SSSR count). The summed E-state index contributed by atoms with van der Waals surface area (Å²) in [6, 6.07) is 7.94. The summed E-state index contributed by atoms with van der Waals surface area (Å²) in [5.74, 6) is 0.197. The number of fused-ring (bicyclic) bond motifs is 1.